The molecule has 0 unspecified atom stereocenters. The number of allylic oxidation sites excluding steroid dienone is 1. The molecule has 0 aliphatic carbocycles. The third-order valence-electron chi connectivity index (χ3n) is 3.74. The maximum absolute atomic E-state index is 9.47. The lowest BCUT2D eigenvalue weighted by atomic mass is 9.84. The van der Waals surface area contributed by atoms with Gasteiger partial charge in [-0.25, -0.2) is 0 Å². The molecule has 2 aromatic rings. The predicted molar refractivity (Wildman–Crippen MR) is 84.3 cm³/mol. The van der Waals surface area contributed by atoms with Gasteiger partial charge >= 0.3 is 0 Å². The van der Waals surface area contributed by atoms with Gasteiger partial charge in [0.25, 0.3) is 0 Å². The van der Waals surface area contributed by atoms with Gasteiger partial charge in [-0.05, 0) is 17.7 Å². The maximum atomic E-state index is 9.47. The first-order valence-corrected chi connectivity index (χ1v) is 6.90. The van der Waals surface area contributed by atoms with Gasteiger partial charge in [0.15, 0.2) is 0 Å². The minimum Gasteiger partial charge on any atom is -0.440 e. The summed E-state index contributed by atoms with van der Waals surface area (Å²) in [5, 5.41) is 9.47. The van der Waals surface area contributed by atoms with Crippen LogP contribution in [0.1, 0.15) is 17.0 Å². The molecule has 5 heteroatoms. The smallest absolute Gasteiger partial charge is 0.205 e. The number of fused-ring (bicyclic) bond motifs is 1. The number of rotatable bonds is 2. The molecule has 0 saturated heterocycles. The van der Waals surface area contributed by atoms with Crippen LogP contribution >= 0.6 is 0 Å². The first kappa shape index (κ1) is 14.0. The van der Waals surface area contributed by atoms with Gasteiger partial charge < -0.3 is 15.4 Å². The Morgan fingerprint density at radius 2 is 2.14 bits per heavy atom. The molecule has 2 N–H and O–H groups in total. The van der Waals surface area contributed by atoms with Gasteiger partial charge in [0.05, 0.1) is 5.92 Å². The Morgan fingerprint density at radius 3 is 2.77 bits per heavy atom. The minimum atomic E-state index is -0.251. The zero-order chi connectivity index (χ0) is 15.7. The number of anilines is 1. The van der Waals surface area contributed by atoms with E-state index in [2.05, 4.69) is 11.1 Å². The van der Waals surface area contributed by atoms with Gasteiger partial charge in [0.1, 0.15) is 17.4 Å². The summed E-state index contributed by atoms with van der Waals surface area (Å²) in [4.78, 5) is 6.14. The zero-order valence-corrected chi connectivity index (χ0v) is 12.4. The van der Waals surface area contributed by atoms with E-state index in [1.54, 1.807) is 12.4 Å². The number of aromatic nitrogens is 1. The maximum Gasteiger partial charge on any atom is 0.205 e. The molecule has 1 aliphatic rings. The summed E-state index contributed by atoms with van der Waals surface area (Å²) in [5.74, 6) is 0.579. The van der Waals surface area contributed by atoms with Crippen LogP contribution in [-0.4, -0.2) is 19.1 Å². The highest BCUT2D eigenvalue weighted by atomic mass is 16.5. The molecule has 3 rings (SSSR count). The van der Waals surface area contributed by atoms with Gasteiger partial charge in [-0.1, -0.05) is 12.1 Å². The Hall–Kier alpha value is -3.00. The summed E-state index contributed by atoms with van der Waals surface area (Å²) in [5.41, 5.74) is 9.23. The van der Waals surface area contributed by atoms with Gasteiger partial charge in [-0.15, -0.1) is 0 Å². The Kier molecular flexibility index (Phi) is 3.43. The average Bonchev–Trinajstić information content (AvgIpc) is 2.53. The highest BCUT2D eigenvalue weighted by molar-refractivity contribution is 5.60. The van der Waals surface area contributed by atoms with Crippen molar-refractivity contribution in [1.82, 2.24) is 4.98 Å². The number of benzene rings is 1. The molecule has 22 heavy (non-hydrogen) atoms. The molecule has 0 fully saturated rings. The lowest BCUT2D eigenvalue weighted by Crippen LogP contribution is -2.21. The van der Waals surface area contributed by atoms with Crippen LogP contribution in [0.25, 0.3) is 0 Å². The van der Waals surface area contributed by atoms with Crippen molar-refractivity contribution in [2.75, 3.05) is 19.0 Å². The highest BCUT2D eigenvalue weighted by Gasteiger charge is 2.30. The van der Waals surface area contributed by atoms with E-state index in [0.29, 0.717) is 11.3 Å². The molecular formula is C17H16N4O. The van der Waals surface area contributed by atoms with E-state index < -0.39 is 0 Å². The molecular weight excluding hydrogens is 276 g/mol. The topological polar surface area (TPSA) is 75.2 Å². The fourth-order valence-electron chi connectivity index (χ4n) is 2.61. The third kappa shape index (κ3) is 2.25. The zero-order valence-electron chi connectivity index (χ0n) is 12.4. The van der Waals surface area contributed by atoms with E-state index in [4.69, 9.17) is 10.5 Å². The van der Waals surface area contributed by atoms with E-state index >= 15 is 0 Å². The van der Waals surface area contributed by atoms with Crippen LogP contribution in [0.2, 0.25) is 0 Å². The van der Waals surface area contributed by atoms with E-state index in [1.807, 2.05) is 49.3 Å². The lowest BCUT2D eigenvalue weighted by Gasteiger charge is -2.27. The fourth-order valence-corrected chi connectivity index (χ4v) is 2.61. The largest absolute Gasteiger partial charge is 0.440 e. The van der Waals surface area contributed by atoms with Crippen LogP contribution in [0.4, 0.5) is 5.69 Å². The van der Waals surface area contributed by atoms with Crippen LogP contribution in [0.3, 0.4) is 0 Å². The summed E-state index contributed by atoms with van der Waals surface area (Å²) in [7, 11) is 3.92. The Balaban J connectivity index is 2.18. The van der Waals surface area contributed by atoms with Crippen molar-refractivity contribution < 1.29 is 4.74 Å². The number of nitrogens with zero attached hydrogens (tertiary/aromatic N) is 3. The molecule has 0 radical (unpaired) electrons. The molecule has 1 aliphatic heterocycles. The summed E-state index contributed by atoms with van der Waals surface area (Å²) >= 11 is 0. The van der Waals surface area contributed by atoms with Crippen LogP contribution in [0.15, 0.2) is 54.2 Å². The first-order chi connectivity index (χ1) is 10.6. The second kappa shape index (κ2) is 5.41. The molecule has 0 bridgehead atoms. The number of nitriles is 1. The van der Waals surface area contributed by atoms with Crippen molar-refractivity contribution in [1.29, 1.82) is 5.26 Å². The number of hydrogen-bond acceptors (Lipinski definition) is 5. The Bertz CT molecular complexity index is 775. The van der Waals surface area contributed by atoms with Crippen molar-refractivity contribution in [2.24, 2.45) is 5.73 Å². The average molecular weight is 292 g/mol. The van der Waals surface area contributed by atoms with Crippen LogP contribution in [0.5, 0.6) is 5.75 Å². The monoisotopic (exact) mass is 292 g/mol. The summed E-state index contributed by atoms with van der Waals surface area (Å²) in [6, 6.07) is 11.9. The van der Waals surface area contributed by atoms with E-state index in [0.717, 1.165) is 16.8 Å². The minimum absolute atomic E-state index is 0.153. The van der Waals surface area contributed by atoms with Crippen LogP contribution < -0.4 is 15.4 Å². The van der Waals surface area contributed by atoms with Gasteiger partial charge in [-0.3, -0.25) is 4.98 Å². The Morgan fingerprint density at radius 1 is 1.32 bits per heavy atom. The predicted octanol–water partition coefficient (Wildman–Crippen LogP) is 2.37. The van der Waals surface area contributed by atoms with Gasteiger partial charge in [0.2, 0.25) is 5.88 Å². The van der Waals surface area contributed by atoms with Crippen molar-refractivity contribution in [3.8, 4) is 11.8 Å². The molecule has 5 nitrogen and oxygen atoms in total. The number of pyridine rings is 1. The quantitative estimate of drug-likeness (QED) is 0.919. The summed E-state index contributed by atoms with van der Waals surface area (Å²) in [6.45, 7) is 0. The van der Waals surface area contributed by atoms with Crippen molar-refractivity contribution in [3.05, 3.63) is 65.3 Å². The molecule has 0 spiro atoms. The highest BCUT2D eigenvalue weighted by Crippen LogP contribution is 2.42. The number of ether oxygens (including phenoxy) is 1. The molecule has 1 aromatic heterocycles. The van der Waals surface area contributed by atoms with Gasteiger partial charge in [-0.2, -0.15) is 5.26 Å². The van der Waals surface area contributed by atoms with Gasteiger partial charge in [0, 0.05) is 43.8 Å². The van der Waals surface area contributed by atoms with Crippen LogP contribution in [0, 0.1) is 11.3 Å². The molecule has 1 atom stereocenters. The third-order valence-corrected chi connectivity index (χ3v) is 3.74. The summed E-state index contributed by atoms with van der Waals surface area (Å²) < 4.78 is 5.67. The van der Waals surface area contributed by atoms with Crippen LogP contribution in [-0.2, 0) is 0 Å². The normalized spacial score (nSPS) is 16.5. The molecule has 0 amide bonds. The van der Waals surface area contributed by atoms with E-state index in [9.17, 15) is 5.26 Å². The standard InChI is InChI=1S/C17H16N4O/c1-21(2)12-5-6-13-15(8-12)22-17(19)14(9-18)16(13)11-4-3-7-20-10-11/h3-8,10,16H,19H2,1-2H3/t16-/m0/s1. The molecule has 1 aromatic carbocycles. The molecule has 110 valence electrons. The first-order valence-electron chi connectivity index (χ1n) is 6.90. The fraction of sp³-hybridized carbons (Fsp3) is 0.176. The van der Waals surface area contributed by atoms with E-state index in [-0.39, 0.29) is 11.8 Å². The second-order valence-electron chi connectivity index (χ2n) is 5.33. The SMILES string of the molecule is CN(C)c1ccc2c(c1)OC(N)=C(C#N)[C@H]2c1cccnc1. The lowest BCUT2D eigenvalue weighted by molar-refractivity contribution is 0.393. The number of nitrogens with two attached hydrogens (primary N) is 1. The molecule has 0 saturated carbocycles. The Labute approximate surface area is 129 Å². The van der Waals surface area contributed by atoms with Crippen molar-refractivity contribution in [3.63, 3.8) is 0 Å². The summed E-state index contributed by atoms with van der Waals surface area (Å²) in [6.07, 6.45) is 3.46. The number of hydrogen-bond donors (Lipinski definition) is 1. The van der Waals surface area contributed by atoms with Crippen molar-refractivity contribution >= 4 is 5.69 Å². The van der Waals surface area contributed by atoms with E-state index in [1.165, 1.54) is 0 Å². The van der Waals surface area contributed by atoms with Crippen molar-refractivity contribution in [2.45, 2.75) is 5.92 Å². The molecule has 2 heterocycles. The second-order valence-corrected chi connectivity index (χ2v) is 5.33.